The highest BCUT2D eigenvalue weighted by molar-refractivity contribution is 5.91. The monoisotopic (exact) mass is 386 g/mol. The number of hydrogen-bond donors (Lipinski definition) is 0. The Hall–Kier alpha value is -1.45. The highest BCUT2D eigenvalue weighted by Crippen LogP contribution is 2.67. The molecule has 154 valence electrons. The van der Waals surface area contributed by atoms with Crippen molar-refractivity contribution in [2.75, 3.05) is 6.61 Å². The zero-order valence-corrected chi connectivity index (χ0v) is 17.8. The average molecular weight is 387 g/mol. The van der Waals surface area contributed by atoms with Crippen LogP contribution in [0.25, 0.3) is 0 Å². The SMILES string of the molecule is CC(=O)OC[C@H]1C[C@H]2[C@@H]3CC[C@H](C(C)=O)[C@@]3(C)CC[C@@H]2[C@@]2(C)CCC(=O)C=C12. The summed E-state index contributed by atoms with van der Waals surface area (Å²) >= 11 is 0. The van der Waals surface area contributed by atoms with Gasteiger partial charge >= 0.3 is 5.97 Å². The van der Waals surface area contributed by atoms with Crippen molar-refractivity contribution >= 4 is 17.5 Å². The Morgan fingerprint density at radius 1 is 1.11 bits per heavy atom. The van der Waals surface area contributed by atoms with Gasteiger partial charge in [0.05, 0.1) is 6.61 Å². The summed E-state index contributed by atoms with van der Waals surface area (Å²) < 4.78 is 5.44. The summed E-state index contributed by atoms with van der Waals surface area (Å²) in [6, 6.07) is 0. The minimum atomic E-state index is -0.252. The summed E-state index contributed by atoms with van der Waals surface area (Å²) in [5, 5.41) is 0. The molecule has 4 heteroatoms. The number of ether oxygens (including phenoxy) is 1. The molecule has 7 atom stereocenters. The third-order valence-electron chi connectivity index (χ3n) is 9.10. The van der Waals surface area contributed by atoms with Crippen LogP contribution in [0.4, 0.5) is 0 Å². The quantitative estimate of drug-likeness (QED) is 0.670. The predicted molar refractivity (Wildman–Crippen MR) is 106 cm³/mol. The van der Waals surface area contributed by atoms with E-state index in [-0.39, 0.29) is 34.4 Å². The summed E-state index contributed by atoms with van der Waals surface area (Å²) in [6.45, 7) is 8.31. The molecule has 0 aliphatic heterocycles. The van der Waals surface area contributed by atoms with Crippen LogP contribution in [0.5, 0.6) is 0 Å². The van der Waals surface area contributed by atoms with Gasteiger partial charge in [0.15, 0.2) is 5.78 Å². The zero-order valence-electron chi connectivity index (χ0n) is 17.8. The lowest BCUT2D eigenvalue weighted by Gasteiger charge is -2.59. The lowest BCUT2D eigenvalue weighted by Crippen LogP contribution is -2.53. The van der Waals surface area contributed by atoms with E-state index in [1.807, 2.05) is 6.08 Å². The zero-order chi connectivity index (χ0) is 20.3. The Morgan fingerprint density at radius 2 is 1.86 bits per heavy atom. The van der Waals surface area contributed by atoms with Gasteiger partial charge in [0.1, 0.15) is 5.78 Å². The fourth-order valence-electron chi connectivity index (χ4n) is 7.83. The molecule has 0 bridgehead atoms. The van der Waals surface area contributed by atoms with E-state index in [9.17, 15) is 14.4 Å². The van der Waals surface area contributed by atoms with E-state index >= 15 is 0 Å². The minimum Gasteiger partial charge on any atom is -0.465 e. The predicted octanol–water partition coefficient (Wildman–Crippen LogP) is 4.51. The molecular formula is C24H34O4. The van der Waals surface area contributed by atoms with Crippen LogP contribution in [-0.4, -0.2) is 24.1 Å². The molecule has 0 aromatic carbocycles. The third kappa shape index (κ3) is 2.90. The van der Waals surface area contributed by atoms with Crippen LogP contribution in [-0.2, 0) is 19.1 Å². The van der Waals surface area contributed by atoms with Crippen LogP contribution in [0.2, 0.25) is 0 Å². The molecule has 28 heavy (non-hydrogen) atoms. The highest BCUT2D eigenvalue weighted by Gasteiger charge is 2.61. The number of ketones is 2. The standard InChI is InChI=1S/C24H34O4/c1-14(25)19-5-6-20-18-11-16(13-28-15(2)26)22-12-17(27)7-9-24(22,4)21(18)8-10-23(19,20)3/h12,16,18-21H,5-11,13H2,1-4H3/t16-,18+,19-,20+,21+,23-,24-/m1/s1. The fourth-order valence-corrected chi connectivity index (χ4v) is 7.83. The molecule has 0 aromatic rings. The maximum absolute atomic E-state index is 12.3. The molecular weight excluding hydrogens is 352 g/mol. The van der Waals surface area contributed by atoms with Gasteiger partial charge < -0.3 is 4.74 Å². The summed E-state index contributed by atoms with van der Waals surface area (Å²) in [6.07, 6.45) is 8.82. The first-order valence-corrected chi connectivity index (χ1v) is 11.1. The molecule has 0 aromatic heterocycles. The van der Waals surface area contributed by atoms with Crippen molar-refractivity contribution in [1.82, 2.24) is 0 Å². The molecule has 0 amide bonds. The largest absolute Gasteiger partial charge is 0.465 e. The summed E-state index contributed by atoms with van der Waals surface area (Å²) in [4.78, 5) is 36.0. The summed E-state index contributed by atoms with van der Waals surface area (Å²) in [5.74, 6) is 2.35. The van der Waals surface area contributed by atoms with Crippen molar-refractivity contribution < 1.29 is 19.1 Å². The van der Waals surface area contributed by atoms with E-state index in [1.165, 1.54) is 12.5 Å². The molecule has 3 saturated carbocycles. The molecule has 0 saturated heterocycles. The van der Waals surface area contributed by atoms with Crippen molar-refractivity contribution in [3.63, 3.8) is 0 Å². The van der Waals surface area contributed by atoms with Gasteiger partial charge in [-0.1, -0.05) is 19.4 Å². The molecule has 4 aliphatic rings. The van der Waals surface area contributed by atoms with E-state index in [4.69, 9.17) is 4.74 Å². The van der Waals surface area contributed by atoms with E-state index in [0.717, 1.165) is 38.5 Å². The Bertz CT molecular complexity index is 737. The van der Waals surface area contributed by atoms with Crippen molar-refractivity contribution in [3.05, 3.63) is 11.6 Å². The van der Waals surface area contributed by atoms with E-state index < -0.39 is 0 Å². The minimum absolute atomic E-state index is 0.0251. The summed E-state index contributed by atoms with van der Waals surface area (Å²) in [7, 11) is 0. The van der Waals surface area contributed by atoms with Crippen LogP contribution < -0.4 is 0 Å². The van der Waals surface area contributed by atoms with Crippen LogP contribution in [0.3, 0.4) is 0 Å². The van der Waals surface area contributed by atoms with Crippen LogP contribution in [0, 0.1) is 40.4 Å². The molecule has 3 fully saturated rings. The smallest absolute Gasteiger partial charge is 0.302 e. The number of Topliss-reactive ketones (excluding diaryl/α,β-unsaturated/α-hetero) is 1. The van der Waals surface area contributed by atoms with Crippen LogP contribution in [0.1, 0.15) is 72.6 Å². The van der Waals surface area contributed by atoms with Crippen LogP contribution >= 0.6 is 0 Å². The van der Waals surface area contributed by atoms with Gasteiger partial charge in [0.2, 0.25) is 0 Å². The second-order valence-electron chi connectivity index (χ2n) is 10.4. The number of carbonyl (C=O) groups is 3. The third-order valence-corrected chi connectivity index (χ3v) is 9.10. The van der Waals surface area contributed by atoms with Crippen molar-refractivity contribution in [3.8, 4) is 0 Å². The first kappa shape index (κ1) is 19.8. The fraction of sp³-hybridized carbons (Fsp3) is 0.792. The maximum Gasteiger partial charge on any atom is 0.302 e. The molecule has 0 unspecified atom stereocenters. The van der Waals surface area contributed by atoms with E-state index in [0.29, 0.717) is 36.6 Å². The number of esters is 1. The molecule has 0 radical (unpaired) electrons. The van der Waals surface area contributed by atoms with Gasteiger partial charge in [-0.15, -0.1) is 0 Å². The van der Waals surface area contributed by atoms with Gasteiger partial charge in [-0.3, -0.25) is 14.4 Å². The lowest BCUT2D eigenvalue weighted by atomic mass is 9.45. The Morgan fingerprint density at radius 3 is 2.54 bits per heavy atom. The van der Waals surface area contributed by atoms with Gasteiger partial charge in [-0.2, -0.15) is 0 Å². The Labute approximate surface area is 168 Å². The van der Waals surface area contributed by atoms with Crippen molar-refractivity contribution in [2.45, 2.75) is 72.6 Å². The number of hydrogen-bond acceptors (Lipinski definition) is 4. The summed E-state index contributed by atoms with van der Waals surface area (Å²) in [5.41, 5.74) is 1.37. The van der Waals surface area contributed by atoms with Gasteiger partial charge in [-0.05, 0) is 80.1 Å². The van der Waals surface area contributed by atoms with E-state index in [1.54, 1.807) is 6.92 Å². The first-order valence-electron chi connectivity index (χ1n) is 11.1. The van der Waals surface area contributed by atoms with Gasteiger partial charge in [0.25, 0.3) is 0 Å². The normalized spacial score (nSPS) is 44.8. The Balaban J connectivity index is 1.70. The molecule has 0 heterocycles. The number of carbonyl (C=O) groups excluding carboxylic acids is 3. The average Bonchev–Trinajstić information content (AvgIpc) is 2.98. The van der Waals surface area contributed by atoms with Crippen molar-refractivity contribution in [1.29, 1.82) is 0 Å². The number of rotatable bonds is 3. The molecule has 4 rings (SSSR count). The van der Waals surface area contributed by atoms with Crippen LogP contribution in [0.15, 0.2) is 11.6 Å². The molecule has 4 nitrogen and oxygen atoms in total. The Kier molecular flexibility index (Phi) is 4.83. The molecule has 4 aliphatic carbocycles. The van der Waals surface area contributed by atoms with E-state index in [2.05, 4.69) is 13.8 Å². The van der Waals surface area contributed by atoms with Gasteiger partial charge in [0, 0.05) is 25.2 Å². The molecule has 0 N–H and O–H groups in total. The number of fused-ring (bicyclic) bond motifs is 5. The maximum atomic E-state index is 12.3. The highest BCUT2D eigenvalue weighted by atomic mass is 16.5. The second kappa shape index (κ2) is 6.81. The van der Waals surface area contributed by atoms with Gasteiger partial charge in [-0.25, -0.2) is 0 Å². The lowest BCUT2D eigenvalue weighted by molar-refractivity contribution is -0.144. The molecule has 0 spiro atoms. The van der Waals surface area contributed by atoms with Crippen molar-refractivity contribution in [2.24, 2.45) is 40.4 Å². The second-order valence-corrected chi connectivity index (χ2v) is 10.4. The first-order chi connectivity index (χ1) is 13.2. The topological polar surface area (TPSA) is 60.4 Å².